The van der Waals surface area contributed by atoms with Gasteiger partial charge in [0.25, 0.3) is 0 Å². The second-order valence-electron chi connectivity index (χ2n) is 9.46. The van der Waals surface area contributed by atoms with E-state index in [0.29, 0.717) is 17.8 Å². The highest BCUT2D eigenvalue weighted by atomic mass is 16.6. The minimum atomic E-state index is -0.526. The van der Waals surface area contributed by atoms with Crippen molar-refractivity contribution < 1.29 is 9.53 Å². The molecule has 1 aromatic rings. The summed E-state index contributed by atoms with van der Waals surface area (Å²) < 4.78 is 5.62. The van der Waals surface area contributed by atoms with Gasteiger partial charge in [-0.1, -0.05) is 33.3 Å². The van der Waals surface area contributed by atoms with Crippen molar-refractivity contribution in [2.24, 2.45) is 5.92 Å². The molecule has 1 amide bonds. The zero-order valence-electron chi connectivity index (χ0n) is 18.9. The first-order chi connectivity index (χ1) is 13.1. The number of rotatable bonds is 6. The number of anilines is 1. The van der Waals surface area contributed by atoms with Gasteiger partial charge in [-0.25, -0.2) is 9.78 Å². The summed E-state index contributed by atoms with van der Waals surface area (Å²) in [6.07, 6.45) is 6.18. The van der Waals surface area contributed by atoms with E-state index in [-0.39, 0.29) is 12.1 Å². The normalized spacial score (nSPS) is 19.5. The van der Waals surface area contributed by atoms with Crippen LogP contribution in [0.25, 0.3) is 0 Å². The van der Waals surface area contributed by atoms with Gasteiger partial charge in [-0.05, 0) is 71.0 Å². The van der Waals surface area contributed by atoms with Gasteiger partial charge in [0.05, 0.1) is 0 Å². The van der Waals surface area contributed by atoms with Crippen LogP contribution in [0.3, 0.4) is 0 Å². The van der Waals surface area contributed by atoms with E-state index in [4.69, 9.17) is 4.74 Å². The average Bonchev–Trinajstić information content (AvgIpc) is 2.61. The van der Waals surface area contributed by atoms with E-state index < -0.39 is 5.60 Å². The predicted octanol–water partition coefficient (Wildman–Crippen LogP) is 5.80. The molecule has 0 spiro atoms. The summed E-state index contributed by atoms with van der Waals surface area (Å²) in [5.74, 6) is 1.32. The lowest BCUT2D eigenvalue weighted by Crippen LogP contribution is -2.42. The van der Waals surface area contributed by atoms with Gasteiger partial charge in [0, 0.05) is 24.8 Å². The molecule has 1 aliphatic rings. The number of amides is 1. The van der Waals surface area contributed by atoms with Crippen molar-refractivity contribution in [1.82, 2.24) is 9.88 Å². The van der Waals surface area contributed by atoms with Crippen LogP contribution in [0.5, 0.6) is 0 Å². The fraction of sp³-hybridized carbons (Fsp3) is 0.739. The highest BCUT2D eigenvalue weighted by Gasteiger charge is 2.29. The van der Waals surface area contributed by atoms with E-state index in [1.165, 1.54) is 24.8 Å². The lowest BCUT2D eigenvalue weighted by molar-refractivity contribution is 0.0566. The Labute approximate surface area is 171 Å². The molecule has 0 aliphatic carbocycles. The second kappa shape index (κ2) is 9.73. The van der Waals surface area contributed by atoms with Crippen LogP contribution < -0.4 is 4.90 Å². The van der Waals surface area contributed by atoms with Crippen molar-refractivity contribution >= 4 is 11.9 Å². The summed E-state index contributed by atoms with van der Waals surface area (Å²) >= 11 is 0. The number of ether oxygens (including phenoxy) is 1. The Kier molecular flexibility index (Phi) is 7.87. The molecule has 0 bridgehead atoms. The molecule has 28 heavy (non-hydrogen) atoms. The van der Waals surface area contributed by atoms with Gasteiger partial charge in [-0.3, -0.25) is 9.80 Å². The topological polar surface area (TPSA) is 45.7 Å². The Morgan fingerprint density at radius 3 is 2.54 bits per heavy atom. The average molecular weight is 390 g/mol. The maximum absolute atomic E-state index is 12.8. The lowest BCUT2D eigenvalue weighted by Gasteiger charge is -2.37. The Balaban J connectivity index is 2.22. The Hall–Kier alpha value is -1.62. The first-order valence-electron chi connectivity index (χ1n) is 10.8. The second-order valence-corrected chi connectivity index (χ2v) is 9.46. The Bertz CT molecular complexity index is 622. The third-order valence-electron chi connectivity index (χ3n) is 5.24. The lowest BCUT2D eigenvalue weighted by atomic mass is 9.95. The summed E-state index contributed by atoms with van der Waals surface area (Å²) in [4.78, 5) is 21.7. The number of hydrogen-bond donors (Lipinski definition) is 0. The van der Waals surface area contributed by atoms with Crippen LogP contribution >= 0.6 is 0 Å². The van der Waals surface area contributed by atoms with Crippen molar-refractivity contribution in [3.05, 3.63) is 23.9 Å². The maximum Gasteiger partial charge on any atom is 0.416 e. The summed E-state index contributed by atoms with van der Waals surface area (Å²) in [6.45, 7) is 16.6. The van der Waals surface area contributed by atoms with Gasteiger partial charge in [0.1, 0.15) is 11.4 Å². The van der Waals surface area contributed by atoms with Gasteiger partial charge in [-0.2, -0.15) is 0 Å². The molecule has 2 rings (SSSR count). The van der Waals surface area contributed by atoms with Crippen LogP contribution in [0, 0.1) is 5.92 Å². The van der Waals surface area contributed by atoms with Crippen LogP contribution in [0.2, 0.25) is 0 Å². The fourth-order valence-corrected chi connectivity index (χ4v) is 3.79. The summed E-state index contributed by atoms with van der Waals surface area (Å²) in [7, 11) is 0. The molecule has 158 valence electrons. The Morgan fingerprint density at radius 1 is 1.29 bits per heavy atom. The van der Waals surface area contributed by atoms with Crippen molar-refractivity contribution in [2.45, 2.75) is 91.8 Å². The van der Waals surface area contributed by atoms with Crippen molar-refractivity contribution in [2.75, 3.05) is 18.0 Å². The fourth-order valence-electron chi connectivity index (χ4n) is 3.79. The molecule has 1 aliphatic heterocycles. The number of carbonyl (C=O) groups is 1. The van der Waals surface area contributed by atoms with Gasteiger partial charge in [0.2, 0.25) is 0 Å². The van der Waals surface area contributed by atoms with Gasteiger partial charge in [-0.15, -0.1) is 0 Å². The summed E-state index contributed by atoms with van der Waals surface area (Å²) in [5, 5.41) is 0. The number of hydrogen-bond acceptors (Lipinski definition) is 4. The Morgan fingerprint density at radius 2 is 2.00 bits per heavy atom. The highest BCUT2D eigenvalue weighted by Crippen LogP contribution is 2.32. The van der Waals surface area contributed by atoms with E-state index >= 15 is 0 Å². The van der Waals surface area contributed by atoms with Gasteiger partial charge < -0.3 is 4.74 Å². The molecule has 5 nitrogen and oxygen atoms in total. The number of likely N-dealkylation sites (tertiary alicyclic amines) is 1. The monoisotopic (exact) mass is 389 g/mol. The molecule has 1 fully saturated rings. The molecule has 1 aromatic heterocycles. The standard InChI is InChI=1S/C23H39N3O2/c1-8-18(4)26(22(27)28-23(5,6)7)21-13-12-19(15-24-21)20-11-9-10-14-25(20)16-17(2)3/h12-13,15,17-18,20H,8-11,14,16H2,1-7H3/t18-,20+/m0/s1. The largest absolute Gasteiger partial charge is 0.443 e. The highest BCUT2D eigenvalue weighted by molar-refractivity contribution is 5.87. The molecular formula is C23H39N3O2. The third-order valence-corrected chi connectivity index (χ3v) is 5.24. The molecule has 0 aromatic carbocycles. The maximum atomic E-state index is 12.8. The van der Waals surface area contributed by atoms with E-state index in [1.807, 2.05) is 40.0 Å². The quantitative estimate of drug-likeness (QED) is 0.616. The zero-order chi connectivity index (χ0) is 20.9. The molecule has 0 N–H and O–H groups in total. The van der Waals surface area contributed by atoms with Crippen molar-refractivity contribution in [3.63, 3.8) is 0 Å². The first kappa shape index (κ1) is 22.7. The van der Waals surface area contributed by atoms with Gasteiger partial charge in [0.15, 0.2) is 0 Å². The molecular weight excluding hydrogens is 350 g/mol. The van der Waals surface area contributed by atoms with Crippen LogP contribution in [0.15, 0.2) is 18.3 Å². The van der Waals surface area contributed by atoms with E-state index in [1.54, 1.807) is 4.90 Å². The van der Waals surface area contributed by atoms with Crippen molar-refractivity contribution in [3.8, 4) is 0 Å². The summed E-state index contributed by atoms with van der Waals surface area (Å²) in [5.41, 5.74) is 0.722. The van der Waals surface area contributed by atoms with Crippen LogP contribution in [-0.4, -0.2) is 40.7 Å². The third kappa shape index (κ3) is 6.20. The molecule has 0 radical (unpaired) electrons. The van der Waals surface area contributed by atoms with E-state index in [2.05, 4.69) is 36.7 Å². The van der Waals surface area contributed by atoms with Crippen LogP contribution in [0.4, 0.5) is 10.6 Å². The molecule has 2 heterocycles. The van der Waals surface area contributed by atoms with E-state index in [9.17, 15) is 4.79 Å². The predicted molar refractivity (Wildman–Crippen MR) is 116 cm³/mol. The zero-order valence-corrected chi connectivity index (χ0v) is 18.9. The molecule has 0 saturated carbocycles. The van der Waals surface area contributed by atoms with Crippen LogP contribution in [0.1, 0.15) is 85.8 Å². The smallest absolute Gasteiger partial charge is 0.416 e. The molecule has 2 atom stereocenters. The minimum absolute atomic E-state index is 0.0281. The minimum Gasteiger partial charge on any atom is -0.443 e. The number of pyridine rings is 1. The van der Waals surface area contributed by atoms with Gasteiger partial charge >= 0.3 is 6.09 Å². The first-order valence-corrected chi connectivity index (χ1v) is 10.8. The number of piperidine rings is 1. The number of aromatic nitrogens is 1. The number of nitrogens with zero attached hydrogens (tertiary/aromatic N) is 3. The molecule has 0 unspecified atom stereocenters. The molecule has 1 saturated heterocycles. The van der Waals surface area contributed by atoms with Crippen molar-refractivity contribution in [1.29, 1.82) is 0 Å². The number of carbonyl (C=O) groups excluding carboxylic acids is 1. The molecule has 5 heteroatoms. The van der Waals surface area contributed by atoms with Crippen LogP contribution in [-0.2, 0) is 4.74 Å². The van der Waals surface area contributed by atoms with E-state index in [0.717, 1.165) is 19.5 Å². The summed E-state index contributed by atoms with van der Waals surface area (Å²) in [6, 6.07) is 4.58. The SMILES string of the molecule is CC[C@H](C)N(C(=O)OC(C)(C)C)c1ccc([C@H]2CCCCN2CC(C)C)cn1.